The lowest BCUT2D eigenvalue weighted by atomic mass is 9.79. The lowest BCUT2D eigenvalue weighted by Crippen LogP contribution is -2.65. The second-order valence-corrected chi connectivity index (χ2v) is 40.4. The van der Waals surface area contributed by atoms with E-state index in [4.69, 9.17) is 24.7 Å². The summed E-state index contributed by atoms with van der Waals surface area (Å²) in [7, 11) is -10.1. The number of benzene rings is 3. The maximum Gasteiger partial charge on any atom is 0.199 e. The van der Waals surface area contributed by atoms with Gasteiger partial charge in [0.1, 0.15) is 34.5 Å². The van der Waals surface area contributed by atoms with Crippen LogP contribution in [0.3, 0.4) is 0 Å². The van der Waals surface area contributed by atoms with Gasteiger partial charge in [-0.1, -0.05) is 190 Å². The minimum absolute atomic E-state index is 0.136. The third-order valence-electron chi connectivity index (χ3n) is 12.9. The van der Waals surface area contributed by atoms with Crippen LogP contribution >= 0.6 is 0 Å². The summed E-state index contributed by atoms with van der Waals surface area (Å²) in [6.45, 7) is 36.3. The summed E-state index contributed by atoms with van der Waals surface area (Å²) >= 11 is 0. The fraction of sp³-hybridized carbons (Fsp3) is 0.520. The van der Waals surface area contributed by atoms with E-state index in [1.54, 1.807) is 0 Å². The van der Waals surface area contributed by atoms with Gasteiger partial charge in [-0.25, -0.2) is 0 Å². The van der Waals surface area contributed by atoms with E-state index >= 15 is 0 Å². The van der Waals surface area contributed by atoms with E-state index in [1.807, 2.05) is 24.3 Å². The second kappa shape index (κ2) is 17.9. The molecule has 9 heteroatoms. The molecule has 1 N–H and O–H groups in total. The summed E-state index contributed by atoms with van der Waals surface area (Å²) in [5.74, 6) is 6.56. The smallest absolute Gasteiger partial charge is 0.199 e. The largest absolute Gasteiger partial charge is 0.408 e. The van der Waals surface area contributed by atoms with Crippen LogP contribution in [0, 0.1) is 23.8 Å². The molecule has 1 heterocycles. The van der Waals surface area contributed by atoms with Gasteiger partial charge in [0.2, 0.25) is 0 Å². The molecular formula is C50H74O5Si4. The maximum atomic E-state index is 13.9. The highest BCUT2D eigenvalue weighted by Gasteiger charge is 2.67. The van der Waals surface area contributed by atoms with Crippen LogP contribution < -0.4 is 10.4 Å². The van der Waals surface area contributed by atoms with Gasteiger partial charge in [0.15, 0.2) is 27.8 Å². The molecule has 3 aromatic rings. The predicted octanol–water partition coefficient (Wildman–Crippen LogP) is 10.5. The predicted molar refractivity (Wildman–Crippen MR) is 260 cm³/mol. The van der Waals surface area contributed by atoms with Crippen molar-refractivity contribution in [3.8, 4) is 23.8 Å². The van der Waals surface area contributed by atoms with Gasteiger partial charge >= 0.3 is 0 Å². The van der Waals surface area contributed by atoms with Crippen molar-refractivity contribution >= 4 is 43.2 Å². The Morgan fingerprint density at radius 3 is 1.58 bits per heavy atom. The van der Waals surface area contributed by atoms with Crippen LogP contribution in [0.5, 0.6) is 0 Å². The molecule has 0 aromatic heterocycles. The van der Waals surface area contributed by atoms with Crippen LogP contribution in [0.25, 0.3) is 0 Å². The lowest BCUT2D eigenvalue weighted by Gasteiger charge is -2.48. The van der Waals surface area contributed by atoms with Gasteiger partial charge in [-0.15, -0.1) is 12.0 Å². The molecule has 0 spiro atoms. The molecule has 4 rings (SSSR count). The highest BCUT2D eigenvalue weighted by Crippen LogP contribution is 2.50. The highest BCUT2D eigenvalue weighted by molar-refractivity contribution is 7.07. The van der Waals surface area contributed by atoms with Gasteiger partial charge in [-0.2, -0.15) is 0 Å². The van der Waals surface area contributed by atoms with Gasteiger partial charge < -0.3 is 23.4 Å². The average molecular weight is 867 g/mol. The molecule has 0 amide bonds. The first-order valence-corrected chi connectivity index (χ1v) is 32.7. The fourth-order valence-corrected chi connectivity index (χ4v) is 15.3. The molecule has 0 bridgehead atoms. The van der Waals surface area contributed by atoms with Gasteiger partial charge in [-0.05, 0) is 63.3 Å². The zero-order valence-corrected chi connectivity index (χ0v) is 43.1. The molecule has 1 aliphatic heterocycles. The first-order valence-electron chi connectivity index (χ1n) is 21.3. The summed E-state index contributed by atoms with van der Waals surface area (Å²) in [6.07, 6.45) is 6.59. The number of hydrogen-bond acceptors (Lipinski definition) is 5. The Balaban J connectivity index is 2.10. The zero-order valence-electron chi connectivity index (χ0n) is 39.1. The summed E-state index contributed by atoms with van der Waals surface area (Å²) in [5, 5.41) is 15.8. The SMILES string of the molecule is C#C[C@@]1([C@](O)(C#C[Si](C)(C)C)/C=C/[Si](c2ccccc2)(c2ccccc2)C(C)(C)C)O[C@@H](COCc2ccccc2)[C@H](O[Si](C)(C)C(C)(C)C)[C@H]1O[Si](C)(C)C(C)(C)C. The Morgan fingerprint density at radius 1 is 0.695 bits per heavy atom. The van der Waals surface area contributed by atoms with Crippen LogP contribution in [0.2, 0.25) is 60.9 Å². The van der Waals surface area contributed by atoms with E-state index < -0.39 is 62.3 Å². The lowest BCUT2D eigenvalue weighted by molar-refractivity contribution is -0.133. The van der Waals surface area contributed by atoms with Crippen molar-refractivity contribution < 1.29 is 23.4 Å². The van der Waals surface area contributed by atoms with Gasteiger partial charge in [0, 0.05) is 0 Å². The molecule has 0 saturated carbocycles. The Bertz CT molecular complexity index is 1930. The van der Waals surface area contributed by atoms with E-state index in [1.165, 1.54) is 10.4 Å². The van der Waals surface area contributed by atoms with Crippen molar-refractivity contribution in [2.24, 2.45) is 0 Å². The second-order valence-electron chi connectivity index (χ2n) is 21.6. The van der Waals surface area contributed by atoms with E-state index in [0.717, 1.165) is 5.56 Å². The van der Waals surface area contributed by atoms with Crippen LogP contribution in [0.4, 0.5) is 0 Å². The molecule has 5 nitrogen and oxygen atoms in total. The number of aliphatic hydroxyl groups is 1. The van der Waals surface area contributed by atoms with Crippen LogP contribution in [-0.2, 0) is 24.9 Å². The van der Waals surface area contributed by atoms with E-state index in [-0.39, 0.29) is 21.7 Å². The minimum atomic E-state index is -2.89. The molecule has 1 fully saturated rings. The number of rotatable bonds is 13. The Labute approximate surface area is 363 Å². The quantitative estimate of drug-likeness (QED) is 0.137. The van der Waals surface area contributed by atoms with Crippen molar-refractivity contribution in [2.75, 3.05) is 6.61 Å². The molecule has 1 aliphatic rings. The molecule has 59 heavy (non-hydrogen) atoms. The standard InChI is InChI=1S/C50H74O5Si4/c1-18-50(49(51,34-36-56(11,12)13)35-37-59(48(8,9)10,41-30-24-20-25-31-41)42-32-26-21-27-33-42)45(55-58(16,17)47(5,6)7)44(54-57(14,15)46(2,3)4)43(53-50)39-52-38-40-28-22-19-23-29-40/h1,19-33,35,37,43-45,51H,38-39H2,2-17H3/b37-35+/t43-,44-,45+,49-,50+/m0/s1. The number of hydrogen-bond donors (Lipinski definition) is 1. The molecule has 5 atom stereocenters. The van der Waals surface area contributed by atoms with Crippen molar-refractivity contribution in [3.05, 3.63) is 108 Å². The molecule has 0 aliphatic carbocycles. The maximum absolute atomic E-state index is 13.9. The van der Waals surface area contributed by atoms with Crippen LogP contribution in [-0.4, -0.2) is 74.0 Å². The normalized spacial score (nSPS) is 22.1. The van der Waals surface area contributed by atoms with E-state index in [9.17, 15) is 5.11 Å². The van der Waals surface area contributed by atoms with Crippen molar-refractivity contribution in [1.82, 2.24) is 0 Å². The molecule has 1 saturated heterocycles. The van der Waals surface area contributed by atoms with Gasteiger partial charge in [0.25, 0.3) is 0 Å². The first-order chi connectivity index (χ1) is 27.1. The van der Waals surface area contributed by atoms with Crippen LogP contribution in [0.1, 0.15) is 67.9 Å². The third-order valence-corrected chi connectivity index (χ3v) is 28.2. The third kappa shape index (κ3) is 10.6. The van der Waals surface area contributed by atoms with Crippen molar-refractivity contribution in [3.63, 3.8) is 0 Å². The summed E-state index contributed by atoms with van der Waals surface area (Å²) in [6, 6.07) is 31.5. The summed E-state index contributed by atoms with van der Waals surface area (Å²) < 4.78 is 28.8. The molecular weight excluding hydrogens is 793 g/mol. The molecule has 3 aromatic carbocycles. The minimum Gasteiger partial charge on any atom is -0.408 e. The molecule has 0 radical (unpaired) electrons. The van der Waals surface area contributed by atoms with Gasteiger partial charge in [-0.3, -0.25) is 0 Å². The Kier molecular flexibility index (Phi) is 14.8. The van der Waals surface area contributed by atoms with Crippen molar-refractivity contribution in [1.29, 1.82) is 0 Å². The highest BCUT2D eigenvalue weighted by atomic mass is 28.4. The van der Waals surface area contributed by atoms with E-state index in [2.05, 4.69) is 204 Å². The number of ether oxygens (including phenoxy) is 2. The van der Waals surface area contributed by atoms with E-state index in [0.29, 0.717) is 6.61 Å². The average Bonchev–Trinajstić information content (AvgIpc) is 3.42. The summed E-state index contributed by atoms with van der Waals surface area (Å²) in [4.78, 5) is 0. The fourth-order valence-electron chi connectivity index (χ4n) is 7.29. The molecule has 320 valence electrons. The monoisotopic (exact) mass is 866 g/mol. The van der Waals surface area contributed by atoms with Gasteiger partial charge in [0.05, 0.1) is 13.2 Å². The number of terminal acetylenes is 1. The topological polar surface area (TPSA) is 57.2 Å². The Morgan fingerprint density at radius 2 is 1.15 bits per heavy atom. The Hall–Kier alpha value is -2.81. The molecule has 0 unspecified atom stereocenters. The zero-order chi connectivity index (χ0) is 44.3. The first kappa shape index (κ1) is 48.8. The van der Waals surface area contributed by atoms with Crippen molar-refractivity contribution in [2.45, 2.75) is 159 Å². The summed E-state index contributed by atoms with van der Waals surface area (Å²) in [5.41, 5.74) is 3.11. The van der Waals surface area contributed by atoms with Crippen LogP contribution in [0.15, 0.2) is 103 Å².